The molecule has 4 atom stereocenters. The minimum absolute atomic E-state index is 0.0660. The molecule has 23 heavy (non-hydrogen) atoms. The van der Waals surface area contributed by atoms with Crippen LogP contribution in [-0.4, -0.2) is 59.6 Å². The van der Waals surface area contributed by atoms with Gasteiger partial charge in [-0.1, -0.05) is 44.6 Å². The van der Waals surface area contributed by atoms with Crippen LogP contribution in [0.1, 0.15) is 57.8 Å². The van der Waals surface area contributed by atoms with Gasteiger partial charge in [-0.2, -0.15) is 0 Å². The molecule has 0 radical (unpaired) electrons. The lowest BCUT2D eigenvalue weighted by Gasteiger charge is -2.20. The highest BCUT2D eigenvalue weighted by molar-refractivity contribution is 4.87. The van der Waals surface area contributed by atoms with Crippen molar-refractivity contribution in [3.8, 4) is 0 Å². The summed E-state index contributed by atoms with van der Waals surface area (Å²) in [7, 11) is 0. The summed E-state index contributed by atoms with van der Waals surface area (Å²) >= 11 is 0. The van der Waals surface area contributed by atoms with Crippen LogP contribution in [0.3, 0.4) is 0 Å². The summed E-state index contributed by atoms with van der Waals surface area (Å²) in [6, 6.07) is 0. The second-order valence-corrected chi connectivity index (χ2v) is 6.40. The third kappa shape index (κ3) is 8.82. The predicted molar refractivity (Wildman–Crippen MR) is 90.3 cm³/mol. The van der Waals surface area contributed by atoms with E-state index in [9.17, 15) is 15.3 Å². The molecule has 1 rings (SSSR count). The van der Waals surface area contributed by atoms with Gasteiger partial charge in [0.2, 0.25) is 0 Å². The molecule has 136 valence electrons. The fourth-order valence-corrected chi connectivity index (χ4v) is 2.82. The lowest BCUT2D eigenvalue weighted by molar-refractivity contribution is -0.0813. The minimum Gasteiger partial charge on any atom is -0.388 e. The third-order valence-electron chi connectivity index (χ3n) is 4.31. The fourth-order valence-electron chi connectivity index (χ4n) is 2.82. The molecule has 0 aromatic heterocycles. The van der Waals surface area contributed by atoms with Crippen molar-refractivity contribution in [1.29, 1.82) is 0 Å². The molecule has 0 amide bonds. The summed E-state index contributed by atoms with van der Waals surface area (Å²) in [6.45, 7) is 4.54. The molecule has 1 aliphatic rings. The standard InChI is InChI=1S/C18H34O5/c1-2-3-4-5-6-7-8-9-10-11-12-22-13-16(20)18-17(21)15(19)14-23-18/h2,15-21H,1,3-14H2/t15-,16+,17-,18-/m0/s1. The molecule has 0 saturated carbocycles. The van der Waals surface area contributed by atoms with Crippen LogP contribution < -0.4 is 0 Å². The SMILES string of the molecule is C=CCCCCCCCCCCOC[C@@H](O)[C@@H]1OC[C@H](O)[C@@H]1O. The van der Waals surface area contributed by atoms with Crippen molar-refractivity contribution >= 4 is 0 Å². The summed E-state index contributed by atoms with van der Waals surface area (Å²) in [6.07, 6.45) is 9.35. The van der Waals surface area contributed by atoms with Gasteiger partial charge in [0.15, 0.2) is 0 Å². The number of aliphatic hydroxyl groups is 3. The van der Waals surface area contributed by atoms with Gasteiger partial charge in [0.05, 0.1) is 13.2 Å². The monoisotopic (exact) mass is 330 g/mol. The molecule has 0 bridgehead atoms. The first-order valence-corrected chi connectivity index (χ1v) is 9.01. The van der Waals surface area contributed by atoms with Gasteiger partial charge in [0, 0.05) is 6.61 Å². The number of hydrogen-bond donors (Lipinski definition) is 3. The first-order chi connectivity index (χ1) is 11.2. The summed E-state index contributed by atoms with van der Waals surface area (Å²) < 4.78 is 10.6. The zero-order valence-corrected chi connectivity index (χ0v) is 14.2. The molecule has 0 unspecified atom stereocenters. The molecular weight excluding hydrogens is 296 g/mol. The molecule has 0 spiro atoms. The number of hydrogen-bond acceptors (Lipinski definition) is 5. The molecule has 0 aliphatic carbocycles. The van der Waals surface area contributed by atoms with Gasteiger partial charge in [-0.25, -0.2) is 0 Å². The van der Waals surface area contributed by atoms with Crippen LogP contribution in [0, 0.1) is 0 Å². The maximum Gasteiger partial charge on any atom is 0.114 e. The summed E-state index contributed by atoms with van der Waals surface area (Å²) in [5.41, 5.74) is 0. The molecule has 0 aromatic carbocycles. The smallest absolute Gasteiger partial charge is 0.114 e. The Morgan fingerprint density at radius 2 is 1.65 bits per heavy atom. The van der Waals surface area contributed by atoms with E-state index >= 15 is 0 Å². The Balaban J connectivity index is 1.85. The molecule has 1 fully saturated rings. The Morgan fingerprint density at radius 1 is 1.04 bits per heavy atom. The van der Waals surface area contributed by atoms with E-state index in [4.69, 9.17) is 9.47 Å². The molecule has 3 N–H and O–H groups in total. The van der Waals surface area contributed by atoms with E-state index in [1.807, 2.05) is 6.08 Å². The van der Waals surface area contributed by atoms with Crippen LogP contribution >= 0.6 is 0 Å². The lowest BCUT2D eigenvalue weighted by atomic mass is 10.1. The van der Waals surface area contributed by atoms with E-state index in [1.54, 1.807) is 0 Å². The van der Waals surface area contributed by atoms with Gasteiger partial charge in [-0.05, 0) is 19.3 Å². The Morgan fingerprint density at radius 3 is 2.22 bits per heavy atom. The largest absolute Gasteiger partial charge is 0.388 e. The highest BCUT2D eigenvalue weighted by atomic mass is 16.5. The molecule has 1 heterocycles. The highest BCUT2D eigenvalue weighted by Crippen LogP contribution is 2.18. The van der Waals surface area contributed by atoms with Crippen molar-refractivity contribution in [2.75, 3.05) is 19.8 Å². The summed E-state index contributed by atoms with van der Waals surface area (Å²) in [4.78, 5) is 0. The Labute approximate surface area is 140 Å². The first-order valence-electron chi connectivity index (χ1n) is 9.01. The van der Waals surface area contributed by atoms with Gasteiger partial charge >= 0.3 is 0 Å². The van der Waals surface area contributed by atoms with Gasteiger partial charge in [-0.15, -0.1) is 6.58 Å². The van der Waals surface area contributed by atoms with E-state index in [1.165, 1.54) is 38.5 Å². The number of unbranched alkanes of at least 4 members (excludes halogenated alkanes) is 8. The Kier molecular flexibility index (Phi) is 11.5. The summed E-state index contributed by atoms with van der Waals surface area (Å²) in [5.74, 6) is 0. The van der Waals surface area contributed by atoms with E-state index in [2.05, 4.69) is 6.58 Å². The van der Waals surface area contributed by atoms with Gasteiger partial charge in [0.1, 0.15) is 24.4 Å². The Hall–Kier alpha value is -0.460. The molecular formula is C18H34O5. The number of aliphatic hydroxyl groups excluding tert-OH is 3. The van der Waals surface area contributed by atoms with Crippen molar-refractivity contribution in [1.82, 2.24) is 0 Å². The fraction of sp³-hybridized carbons (Fsp3) is 0.889. The van der Waals surface area contributed by atoms with Gasteiger partial charge < -0.3 is 24.8 Å². The van der Waals surface area contributed by atoms with Crippen LogP contribution in [0.5, 0.6) is 0 Å². The van der Waals surface area contributed by atoms with Crippen LogP contribution in [-0.2, 0) is 9.47 Å². The van der Waals surface area contributed by atoms with E-state index in [0.29, 0.717) is 6.61 Å². The zero-order chi connectivity index (χ0) is 16.9. The predicted octanol–water partition coefficient (Wildman–Crippen LogP) is 2.18. The van der Waals surface area contributed by atoms with Crippen molar-refractivity contribution in [3.05, 3.63) is 12.7 Å². The van der Waals surface area contributed by atoms with Crippen molar-refractivity contribution in [2.24, 2.45) is 0 Å². The molecule has 0 aromatic rings. The minimum atomic E-state index is -1.03. The second-order valence-electron chi connectivity index (χ2n) is 6.40. The molecule has 1 aliphatic heterocycles. The van der Waals surface area contributed by atoms with E-state index in [-0.39, 0.29) is 13.2 Å². The first kappa shape index (κ1) is 20.6. The number of allylic oxidation sites excluding steroid dienone is 1. The van der Waals surface area contributed by atoms with Gasteiger partial charge in [-0.3, -0.25) is 0 Å². The van der Waals surface area contributed by atoms with Crippen LogP contribution in [0.15, 0.2) is 12.7 Å². The van der Waals surface area contributed by atoms with Crippen molar-refractivity contribution in [2.45, 2.75) is 82.2 Å². The maximum atomic E-state index is 9.87. The van der Waals surface area contributed by atoms with Crippen LogP contribution in [0.25, 0.3) is 0 Å². The third-order valence-corrected chi connectivity index (χ3v) is 4.31. The average molecular weight is 330 g/mol. The quantitative estimate of drug-likeness (QED) is 0.336. The number of rotatable bonds is 14. The van der Waals surface area contributed by atoms with E-state index in [0.717, 1.165) is 19.3 Å². The van der Waals surface area contributed by atoms with Crippen molar-refractivity contribution < 1.29 is 24.8 Å². The van der Waals surface area contributed by atoms with Crippen LogP contribution in [0.4, 0.5) is 0 Å². The lowest BCUT2D eigenvalue weighted by Crippen LogP contribution is -2.40. The molecule has 1 saturated heterocycles. The zero-order valence-electron chi connectivity index (χ0n) is 14.2. The highest BCUT2D eigenvalue weighted by Gasteiger charge is 2.39. The normalized spacial score (nSPS) is 25.6. The summed E-state index contributed by atoms with van der Waals surface area (Å²) in [5, 5.41) is 28.9. The maximum absolute atomic E-state index is 9.87. The van der Waals surface area contributed by atoms with Gasteiger partial charge in [0.25, 0.3) is 0 Å². The molecule has 5 nitrogen and oxygen atoms in total. The Bertz CT molecular complexity index is 297. The topological polar surface area (TPSA) is 79.2 Å². The molecule has 5 heteroatoms. The average Bonchev–Trinajstić information content (AvgIpc) is 2.88. The van der Waals surface area contributed by atoms with Crippen LogP contribution in [0.2, 0.25) is 0 Å². The van der Waals surface area contributed by atoms with Crippen molar-refractivity contribution in [3.63, 3.8) is 0 Å². The number of ether oxygens (including phenoxy) is 2. The second kappa shape index (κ2) is 12.9. The van der Waals surface area contributed by atoms with E-state index < -0.39 is 24.4 Å².